The highest BCUT2D eigenvalue weighted by Gasteiger charge is 2.19. The summed E-state index contributed by atoms with van der Waals surface area (Å²) in [5.74, 6) is 0.573. The summed E-state index contributed by atoms with van der Waals surface area (Å²) in [7, 11) is 0. The molecule has 3 nitrogen and oxygen atoms in total. The molecule has 0 unspecified atom stereocenters. The van der Waals surface area contributed by atoms with Crippen LogP contribution in [0.3, 0.4) is 0 Å². The molecule has 1 aromatic heterocycles. The third-order valence-electron chi connectivity index (χ3n) is 3.89. The van der Waals surface area contributed by atoms with E-state index in [0.717, 1.165) is 30.8 Å². The van der Waals surface area contributed by atoms with Crippen LogP contribution >= 0.6 is 0 Å². The molecule has 3 rings (SSSR count). The van der Waals surface area contributed by atoms with Gasteiger partial charge in [-0.25, -0.2) is 9.37 Å². The van der Waals surface area contributed by atoms with Crippen LogP contribution in [0, 0.1) is 12.7 Å². The molecule has 0 saturated heterocycles. The number of Topliss-reactive ketones (excluding diaryl/α,β-unsaturated/α-hetero) is 1. The van der Waals surface area contributed by atoms with Crippen molar-refractivity contribution >= 4 is 5.78 Å². The highest BCUT2D eigenvalue weighted by atomic mass is 19.1. The first kappa shape index (κ1) is 13.0. The van der Waals surface area contributed by atoms with E-state index in [4.69, 9.17) is 0 Å². The minimum absolute atomic E-state index is 0.00104. The summed E-state index contributed by atoms with van der Waals surface area (Å²) in [6.07, 6.45) is 4.33. The van der Waals surface area contributed by atoms with E-state index in [0.29, 0.717) is 12.1 Å². The van der Waals surface area contributed by atoms with Crippen molar-refractivity contribution in [3.8, 4) is 0 Å². The zero-order chi connectivity index (χ0) is 14.1. The molecule has 0 aliphatic heterocycles. The highest BCUT2D eigenvalue weighted by molar-refractivity contribution is 5.95. The number of nitrogens with zero attached hydrogens (tertiary/aromatic N) is 2. The molecular weight excluding hydrogens is 255 g/mol. The van der Waals surface area contributed by atoms with Gasteiger partial charge in [-0.1, -0.05) is 0 Å². The van der Waals surface area contributed by atoms with Crippen molar-refractivity contribution in [3.05, 3.63) is 52.9 Å². The van der Waals surface area contributed by atoms with Gasteiger partial charge in [-0.2, -0.15) is 0 Å². The predicted molar refractivity (Wildman–Crippen MR) is 74.3 cm³/mol. The van der Waals surface area contributed by atoms with E-state index in [1.54, 1.807) is 0 Å². The number of carbonyl (C=O) groups is 1. The number of carbonyl (C=O) groups excluding carboxylic acids is 1. The largest absolute Gasteiger partial charge is 0.324 e. The molecule has 0 N–H and O–H groups in total. The number of fused-ring (bicyclic) bond motifs is 1. The number of hydrogen-bond acceptors (Lipinski definition) is 2. The normalized spacial score (nSPS) is 14.1. The molecule has 0 amide bonds. The Hall–Kier alpha value is -1.97. The van der Waals surface area contributed by atoms with Crippen LogP contribution in [0.4, 0.5) is 4.39 Å². The highest BCUT2D eigenvalue weighted by Crippen LogP contribution is 2.22. The van der Waals surface area contributed by atoms with Gasteiger partial charge in [0.05, 0.1) is 12.2 Å². The monoisotopic (exact) mass is 272 g/mol. The quantitative estimate of drug-likeness (QED) is 0.805. The molecule has 1 aliphatic rings. The molecule has 0 atom stereocenters. The van der Waals surface area contributed by atoms with Crippen LogP contribution in [0.1, 0.15) is 40.4 Å². The number of hydrogen-bond donors (Lipinski definition) is 0. The average molecular weight is 272 g/mol. The van der Waals surface area contributed by atoms with Gasteiger partial charge in [-0.15, -0.1) is 0 Å². The lowest BCUT2D eigenvalue weighted by Gasteiger charge is -2.14. The first-order valence-corrected chi connectivity index (χ1v) is 6.99. The number of aromatic nitrogens is 2. The van der Waals surface area contributed by atoms with Gasteiger partial charge in [0, 0.05) is 11.3 Å². The van der Waals surface area contributed by atoms with E-state index in [1.807, 2.05) is 11.5 Å². The van der Waals surface area contributed by atoms with Crippen molar-refractivity contribution in [2.24, 2.45) is 0 Å². The number of halogens is 1. The number of aryl methyl sites for hydroxylation is 2. The first-order valence-electron chi connectivity index (χ1n) is 6.99. The van der Waals surface area contributed by atoms with Crippen molar-refractivity contribution in [2.75, 3.05) is 0 Å². The van der Waals surface area contributed by atoms with Gasteiger partial charge in [0.1, 0.15) is 11.6 Å². The maximum absolute atomic E-state index is 12.9. The SMILES string of the molecule is Cc1nc2c(n1CC(=O)c1ccc(F)cc1)CCCC2. The predicted octanol–water partition coefficient (Wildman–Crippen LogP) is 3.09. The molecular formula is C16H17FN2O. The summed E-state index contributed by atoms with van der Waals surface area (Å²) < 4.78 is 14.9. The molecule has 1 aromatic carbocycles. The Bertz CT molecular complexity index is 643. The van der Waals surface area contributed by atoms with Crippen LogP contribution < -0.4 is 0 Å². The standard InChI is InChI=1S/C16H17FN2O/c1-11-18-14-4-2-3-5-15(14)19(11)10-16(20)12-6-8-13(17)9-7-12/h6-9H,2-5,10H2,1H3. The molecule has 0 radical (unpaired) electrons. The van der Waals surface area contributed by atoms with Crippen LogP contribution in [0.25, 0.3) is 0 Å². The van der Waals surface area contributed by atoms with E-state index in [2.05, 4.69) is 4.98 Å². The van der Waals surface area contributed by atoms with E-state index in [1.165, 1.54) is 36.4 Å². The summed E-state index contributed by atoms with van der Waals surface area (Å²) in [6.45, 7) is 2.23. The summed E-state index contributed by atoms with van der Waals surface area (Å²) >= 11 is 0. The molecule has 104 valence electrons. The fraction of sp³-hybridized carbons (Fsp3) is 0.375. The Labute approximate surface area is 117 Å². The maximum Gasteiger partial charge on any atom is 0.182 e. The summed E-state index contributed by atoms with van der Waals surface area (Å²) in [4.78, 5) is 16.9. The molecule has 2 aromatic rings. The fourth-order valence-electron chi connectivity index (χ4n) is 2.82. The number of imidazole rings is 1. The van der Waals surface area contributed by atoms with Crippen LogP contribution in [0.15, 0.2) is 24.3 Å². The second kappa shape index (κ2) is 5.19. The Balaban J connectivity index is 1.86. The molecule has 0 saturated carbocycles. The average Bonchev–Trinajstić information content (AvgIpc) is 2.76. The van der Waals surface area contributed by atoms with Gasteiger partial charge in [0.25, 0.3) is 0 Å². The van der Waals surface area contributed by atoms with E-state index >= 15 is 0 Å². The number of rotatable bonds is 3. The smallest absolute Gasteiger partial charge is 0.182 e. The third kappa shape index (κ3) is 2.38. The maximum atomic E-state index is 12.9. The Morgan fingerprint density at radius 3 is 2.70 bits per heavy atom. The number of benzene rings is 1. The lowest BCUT2D eigenvalue weighted by Crippen LogP contribution is -2.16. The molecule has 0 bridgehead atoms. The van der Waals surface area contributed by atoms with Crippen molar-refractivity contribution in [1.29, 1.82) is 0 Å². The van der Waals surface area contributed by atoms with Crippen LogP contribution in [0.5, 0.6) is 0 Å². The van der Waals surface area contributed by atoms with Crippen molar-refractivity contribution in [1.82, 2.24) is 9.55 Å². The Morgan fingerprint density at radius 1 is 1.25 bits per heavy atom. The second-order valence-electron chi connectivity index (χ2n) is 5.28. The van der Waals surface area contributed by atoms with Gasteiger partial charge in [0.2, 0.25) is 0 Å². The van der Waals surface area contributed by atoms with Crippen LogP contribution in [-0.2, 0) is 19.4 Å². The topological polar surface area (TPSA) is 34.9 Å². The summed E-state index contributed by atoms with van der Waals surface area (Å²) in [5.41, 5.74) is 2.88. The summed E-state index contributed by atoms with van der Waals surface area (Å²) in [5, 5.41) is 0. The molecule has 1 aliphatic carbocycles. The Kier molecular flexibility index (Phi) is 3.38. The van der Waals surface area contributed by atoms with Crippen LogP contribution in [-0.4, -0.2) is 15.3 Å². The minimum atomic E-state index is -0.322. The zero-order valence-electron chi connectivity index (χ0n) is 11.5. The van der Waals surface area contributed by atoms with Crippen LogP contribution in [0.2, 0.25) is 0 Å². The lowest BCUT2D eigenvalue weighted by atomic mass is 10.0. The summed E-state index contributed by atoms with van der Waals surface area (Å²) in [6, 6.07) is 5.72. The van der Waals surface area contributed by atoms with Gasteiger partial charge in [-0.3, -0.25) is 4.79 Å². The molecule has 20 heavy (non-hydrogen) atoms. The van der Waals surface area contributed by atoms with E-state index in [-0.39, 0.29) is 11.6 Å². The molecule has 4 heteroatoms. The second-order valence-corrected chi connectivity index (χ2v) is 5.28. The van der Waals surface area contributed by atoms with E-state index < -0.39 is 0 Å². The van der Waals surface area contributed by atoms with Crippen molar-refractivity contribution < 1.29 is 9.18 Å². The van der Waals surface area contributed by atoms with E-state index in [9.17, 15) is 9.18 Å². The van der Waals surface area contributed by atoms with Gasteiger partial charge in [0.15, 0.2) is 5.78 Å². The van der Waals surface area contributed by atoms with Gasteiger partial charge >= 0.3 is 0 Å². The minimum Gasteiger partial charge on any atom is -0.324 e. The zero-order valence-corrected chi connectivity index (χ0v) is 11.5. The first-order chi connectivity index (χ1) is 9.65. The van der Waals surface area contributed by atoms with Crippen molar-refractivity contribution in [3.63, 3.8) is 0 Å². The fourth-order valence-corrected chi connectivity index (χ4v) is 2.82. The Morgan fingerprint density at radius 2 is 1.95 bits per heavy atom. The molecule has 1 heterocycles. The molecule has 0 fully saturated rings. The number of ketones is 1. The van der Waals surface area contributed by atoms with Crippen molar-refractivity contribution in [2.45, 2.75) is 39.2 Å². The van der Waals surface area contributed by atoms with Gasteiger partial charge < -0.3 is 4.57 Å². The molecule has 0 spiro atoms. The lowest BCUT2D eigenvalue weighted by molar-refractivity contribution is 0.0970. The third-order valence-corrected chi connectivity index (χ3v) is 3.89. The van der Waals surface area contributed by atoms with Gasteiger partial charge in [-0.05, 0) is 56.9 Å².